The normalized spacial score (nSPS) is 10.4. The van der Waals surface area contributed by atoms with Crippen LogP contribution in [0.15, 0.2) is 66.8 Å². The zero-order chi connectivity index (χ0) is 25.6. The number of rotatable bonds is 15. The van der Waals surface area contributed by atoms with Crippen LogP contribution >= 0.6 is 0 Å². The third-order valence-electron chi connectivity index (χ3n) is 4.49. The van der Waals surface area contributed by atoms with E-state index in [4.69, 9.17) is 28.4 Å². The van der Waals surface area contributed by atoms with Gasteiger partial charge in [-0.1, -0.05) is 31.4 Å². The van der Waals surface area contributed by atoms with E-state index < -0.39 is 17.8 Å². The molecule has 0 amide bonds. The molecule has 0 bridgehead atoms. The van der Waals surface area contributed by atoms with Gasteiger partial charge in [-0.05, 0) is 35.4 Å². The fourth-order valence-corrected chi connectivity index (χ4v) is 2.79. The van der Waals surface area contributed by atoms with Crippen LogP contribution in [0.1, 0.15) is 0 Å². The molecule has 0 aliphatic heterocycles. The van der Waals surface area contributed by atoms with Crippen LogP contribution < -0.4 is 9.47 Å². The number of hydrogen-bond donors (Lipinski definition) is 0. The Labute approximate surface area is 203 Å². The van der Waals surface area contributed by atoms with E-state index in [0.717, 1.165) is 5.56 Å². The molecule has 0 atom stereocenters. The third kappa shape index (κ3) is 9.23. The number of carbonyl (C=O) groups excluding carboxylic acids is 2. The minimum absolute atomic E-state index is 0.00981. The van der Waals surface area contributed by atoms with Crippen molar-refractivity contribution in [2.45, 2.75) is 0 Å². The Morgan fingerprint density at radius 1 is 0.743 bits per heavy atom. The molecule has 188 valence electrons. The molecule has 0 N–H and O–H groups in total. The van der Waals surface area contributed by atoms with Gasteiger partial charge in [-0.15, -0.1) is 0 Å². The molecule has 0 spiro atoms. The molecular formula is C26H29FO8. The minimum atomic E-state index is -0.590. The maximum absolute atomic E-state index is 14.5. The van der Waals surface area contributed by atoms with Gasteiger partial charge in [-0.3, -0.25) is 0 Å². The van der Waals surface area contributed by atoms with Crippen LogP contribution in [0, 0.1) is 5.82 Å². The van der Waals surface area contributed by atoms with Gasteiger partial charge in [0.15, 0.2) is 11.6 Å². The SMILES string of the molecule is C=C(COC)C(=O)OCCOc1ccc(-c2ccc(OCCOC(=O)C(=C)COC)c(F)c2)cc1. The molecule has 0 aliphatic rings. The van der Waals surface area contributed by atoms with Gasteiger partial charge in [0, 0.05) is 14.2 Å². The zero-order valence-corrected chi connectivity index (χ0v) is 19.8. The van der Waals surface area contributed by atoms with Gasteiger partial charge in [-0.25, -0.2) is 14.0 Å². The summed E-state index contributed by atoms with van der Waals surface area (Å²) < 4.78 is 45.0. The summed E-state index contributed by atoms with van der Waals surface area (Å²) in [5.74, 6) is -1.05. The Morgan fingerprint density at radius 3 is 1.77 bits per heavy atom. The first-order valence-electron chi connectivity index (χ1n) is 10.7. The highest BCUT2D eigenvalue weighted by atomic mass is 19.1. The van der Waals surface area contributed by atoms with Gasteiger partial charge < -0.3 is 28.4 Å². The minimum Gasteiger partial charge on any atom is -0.490 e. The fourth-order valence-electron chi connectivity index (χ4n) is 2.79. The predicted octanol–water partition coefficient (Wildman–Crippen LogP) is 3.74. The molecule has 0 radical (unpaired) electrons. The van der Waals surface area contributed by atoms with Crippen LogP contribution in [0.25, 0.3) is 11.1 Å². The van der Waals surface area contributed by atoms with Gasteiger partial charge in [0.25, 0.3) is 0 Å². The lowest BCUT2D eigenvalue weighted by Gasteiger charge is -2.11. The number of methoxy groups -OCH3 is 2. The largest absolute Gasteiger partial charge is 0.490 e. The smallest absolute Gasteiger partial charge is 0.335 e. The summed E-state index contributed by atoms with van der Waals surface area (Å²) in [5.41, 5.74) is 1.84. The molecule has 0 aliphatic carbocycles. The summed E-state index contributed by atoms with van der Waals surface area (Å²) in [5, 5.41) is 0. The van der Waals surface area contributed by atoms with Crippen LogP contribution in [0.2, 0.25) is 0 Å². The van der Waals surface area contributed by atoms with E-state index in [1.165, 1.54) is 26.4 Å². The van der Waals surface area contributed by atoms with Crippen molar-refractivity contribution in [1.29, 1.82) is 0 Å². The molecule has 8 nitrogen and oxygen atoms in total. The monoisotopic (exact) mass is 488 g/mol. The number of halogens is 1. The van der Waals surface area contributed by atoms with E-state index in [1.807, 2.05) is 0 Å². The highest BCUT2D eigenvalue weighted by molar-refractivity contribution is 5.88. The van der Waals surface area contributed by atoms with E-state index in [0.29, 0.717) is 11.3 Å². The number of carbonyl (C=O) groups is 2. The molecule has 9 heteroatoms. The van der Waals surface area contributed by atoms with Crippen LogP contribution in [-0.2, 0) is 28.5 Å². The quantitative estimate of drug-likeness (QED) is 0.213. The van der Waals surface area contributed by atoms with Gasteiger partial charge in [0.05, 0.1) is 24.4 Å². The number of hydrogen-bond acceptors (Lipinski definition) is 8. The lowest BCUT2D eigenvalue weighted by atomic mass is 10.1. The maximum Gasteiger partial charge on any atom is 0.335 e. The molecule has 2 aromatic carbocycles. The van der Waals surface area contributed by atoms with Crippen LogP contribution in [-0.4, -0.2) is 65.8 Å². The van der Waals surface area contributed by atoms with E-state index in [2.05, 4.69) is 13.2 Å². The Balaban J connectivity index is 1.80. The highest BCUT2D eigenvalue weighted by Gasteiger charge is 2.10. The predicted molar refractivity (Wildman–Crippen MR) is 127 cm³/mol. The van der Waals surface area contributed by atoms with Crippen molar-refractivity contribution >= 4 is 11.9 Å². The lowest BCUT2D eigenvalue weighted by Crippen LogP contribution is -2.15. The summed E-state index contributed by atoms with van der Waals surface area (Å²) in [6, 6.07) is 11.6. The van der Waals surface area contributed by atoms with Gasteiger partial charge in [0.2, 0.25) is 0 Å². The number of esters is 2. The average molecular weight is 489 g/mol. The summed E-state index contributed by atoms with van der Waals surface area (Å²) in [6.45, 7) is 7.47. The second kappa shape index (κ2) is 14.5. The Morgan fingerprint density at radius 2 is 1.26 bits per heavy atom. The van der Waals surface area contributed by atoms with Crippen LogP contribution in [0.4, 0.5) is 4.39 Å². The van der Waals surface area contributed by atoms with E-state index in [-0.39, 0.29) is 56.5 Å². The van der Waals surface area contributed by atoms with Gasteiger partial charge in [-0.2, -0.15) is 0 Å². The van der Waals surface area contributed by atoms with Crippen molar-refractivity contribution in [2.75, 3.05) is 53.9 Å². The van der Waals surface area contributed by atoms with Crippen LogP contribution in [0.3, 0.4) is 0 Å². The molecule has 2 rings (SSSR count). The average Bonchev–Trinajstić information content (AvgIpc) is 2.85. The van der Waals surface area contributed by atoms with Crippen molar-refractivity contribution in [3.8, 4) is 22.6 Å². The van der Waals surface area contributed by atoms with Crippen molar-refractivity contribution in [3.05, 3.63) is 72.6 Å². The molecule has 0 aromatic heterocycles. The Kier molecular flexibility index (Phi) is 11.5. The van der Waals surface area contributed by atoms with Crippen molar-refractivity contribution in [3.63, 3.8) is 0 Å². The first kappa shape index (κ1) is 27.6. The summed E-state index contributed by atoms with van der Waals surface area (Å²) >= 11 is 0. The van der Waals surface area contributed by atoms with Crippen molar-refractivity contribution in [2.24, 2.45) is 0 Å². The number of ether oxygens (including phenoxy) is 6. The topological polar surface area (TPSA) is 89.5 Å². The summed E-state index contributed by atoms with van der Waals surface area (Å²) in [4.78, 5) is 23.2. The molecule has 2 aromatic rings. The van der Waals surface area contributed by atoms with Crippen LogP contribution in [0.5, 0.6) is 11.5 Å². The second-order valence-corrected chi connectivity index (χ2v) is 7.21. The standard InChI is InChI=1S/C26H29FO8/c1-18(16-30-3)25(28)34-13-11-32-22-8-5-20(6-9-22)21-7-10-24(23(27)15-21)33-12-14-35-26(29)19(2)17-31-4/h5-10,15H,1-2,11-14,16-17H2,3-4H3. The summed E-state index contributed by atoms with van der Waals surface area (Å²) in [6.07, 6.45) is 0. The first-order chi connectivity index (χ1) is 16.8. The van der Waals surface area contributed by atoms with E-state index in [1.54, 1.807) is 30.3 Å². The molecule has 0 saturated carbocycles. The van der Waals surface area contributed by atoms with Crippen molar-refractivity contribution < 1.29 is 42.4 Å². The zero-order valence-electron chi connectivity index (χ0n) is 19.8. The Hall–Kier alpha value is -3.69. The van der Waals surface area contributed by atoms with E-state index >= 15 is 0 Å². The third-order valence-corrected chi connectivity index (χ3v) is 4.49. The van der Waals surface area contributed by atoms with Gasteiger partial charge >= 0.3 is 11.9 Å². The first-order valence-corrected chi connectivity index (χ1v) is 10.7. The second-order valence-electron chi connectivity index (χ2n) is 7.21. The Bertz CT molecular complexity index is 1020. The summed E-state index contributed by atoms with van der Waals surface area (Å²) in [7, 11) is 2.91. The maximum atomic E-state index is 14.5. The number of benzene rings is 2. The molecule has 0 heterocycles. The van der Waals surface area contributed by atoms with Gasteiger partial charge in [0.1, 0.15) is 32.2 Å². The molecule has 0 fully saturated rings. The molecule has 0 unspecified atom stereocenters. The van der Waals surface area contributed by atoms with Crippen molar-refractivity contribution in [1.82, 2.24) is 0 Å². The highest BCUT2D eigenvalue weighted by Crippen LogP contribution is 2.27. The van der Waals surface area contributed by atoms with E-state index in [9.17, 15) is 14.0 Å². The lowest BCUT2D eigenvalue weighted by molar-refractivity contribution is -0.141. The fraction of sp³-hybridized carbons (Fsp3) is 0.308. The molecular weight excluding hydrogens is 459 g/mol. The molecule has 35 heavy (non-hydrogen) atoms. The molecule has 0 saturated heterocycles.